The minimum atomic E-state index is 0.302. The second kappa shape index (κ2) is 6.85. The minimum Gasteiger partial charge on any atom is -0.463 e. The molecule has 0 aromatic carbocycles. The number of rotatable bonds is 7. The van der Waals surface area contributed by atoms with E-state index < -0.39 is 0 Å². The van der Waals surface area contributed by atoms with Crippen LogP contribution in [0.2, 0.25) is 0 Å². The number of ether oxygens (including phenoxy) is 1. The molecule has 1 aromatic rings. The van der Waals surface area contributed by atoms with Crippen molar-refractivity contribution in [1.82, 2.24) is 15.0 Å². The first kappa shape index (κ1) is 13.4. The first-order valence-corrected chi connectivity index (χ1v) is 5.85. The van der Waals surface area contributed by atoms with Crippen molar-refractivity contribution >= 4 is 11.9 Å². The molecule has 7 heteroatoms. The Labute approximate surface area is 101 Å². The predicted molar refractivity (Wildman–Crippen MR) is 67.0 cm³/mol. The lowest BCUT2D eigenvalue weighted by Crippen LogP contribution is -2.25. The molecule has 0 aliphatic heterocycles. The lowest BCUT2D eigenvalue weighted by atomic mass is 10.5. The van der Waals surface area contributed by atoms with Gasteiger partial charge in [0.25, 0.3) is 0 Å². The fourth-order valence-corrected chi connectivity index (χ4v) is 1.32. The van der Waals surface area contributed by atoms with E-state index in [4.69, 9.17) is 10.6 Å². The second-order valence-corrected chi connectivity index (χ2v) is 3.41. The summed E-state index contributed by atoms with van der Waals surface area (Å²) in [5.74, 6) is 6.21. The van der Waals surface area contributed by atoms with Gasteiger partial charge in [-0.2, -0.15) is 15.0 Å². The number of aromatic nitrogens is 3. The average Bonchev–Trinajstić information content (AvgIpc) is 2.37. The maximum absolute atomic E-state index is 5.39. The normalized spacial score (nSPS) is 10.1. The number of nitrogen functional groups attached to an aromatic ring is 1. The number of hydrogen-bond donors (Lipinski definition) is 2. The Morgan fingerprint density at radius 3 is 2.41 bits per heavy atom. The molecule has 0 aliphatic rings. The molecule has 0 aliphatic carbocycles. The molecule has 0 radical (unpaired) electrons. The van der Waals surface area contributed by atoms with E-state index in [-0.39, 0.29) is 0 Å². The van der Waals surface area contributed by atoms with Crippen LogP contribution in [-0.2, 0) is 0 Å². The molecule has 7 nitrogen and oxygen atoms in total. The van der Waals surface area contributed by atoms with Gasteiger partial charge in [-0.1, -0.05) is 6.92 Å². The number of hydrazine groups is 1. The van der Waals surface area contributed by atoms with E-state index in [0.717, 1.165) is 19.5 Å². The molecular weight excluding hydrogens is 220 g/mol. The molecule has 0 amide bonds. The quantitative estimate of drug-likeness (QED) is 0.538. The Morgan fingerprint density at radius 2 is 1.88 bits per heavy atom. The summed E-state index contributed by atoms with van der Waals surface area (Å²) in [6.45, 7) is 8.31. The van der Waals surface area contributed by atoms with Crippen LogP contribution < -0.4 is 20.9 Å². The third-order valence-corrected chi connectivity index (χ3v) is 2.21. The summed E-state index contributed by atoms with van der Waals surface area (Å²) < 4.78 is 5.39. The molecule has 3 N–H and O–H groups in total. The Balaban J connectivity index is 2.95. The molecule has 0 atom stereocenters. The monoisotopic (exact) mass is 240 g/mol. The van der Waals surface area contributed by atoms with Crippen molar-refractivity contribution < 1.29 is 4.74 Å². The van der Waals surface area contributed by atoms with E-state index in [1.165, 1.54) is 0 Å². The SMILES string of the molecule is CCCOc1nc(NN)nc(N(CC)CC)n1. The molecule has 0 bridgehead atoms. The van der Waals surface area contributed by atoms with E-state index in [1.807, 2.05) is 25.7 Å². The van der Waals surface area contributed by atoms with Gasteiger partial charge in [-0.25, -0.2) is 5.84 Å². The number of anilines is 2. The average molecular weight is 240 g/mol. The molecule has 1 heterocycles. The molecule has 17 heavy (non-hydrogen) atoms. The Hall–Kier alpha value is -1.63. The molecular formula is C10H20N6O. The summed E-state index contributed by atoms with van der Waals surface area (Å²) in [6, 6.07) is 0.302. The number of nitrogens with two attached hydrogens (primary N) is 1. The summed E-state index contributed by atoms with van der Waals surface area (Å²) in [5, 5.41) is 0. The zero-order valence-corrected chi connectivity index (χ0v) is 10.6. The standard InChI is InChI=1S/C10H20N6O/c1-4-7-17-10-13-8(15-11)12-9(14-10)16(5-2)6-3/h4-7,11H2,1-3H3,(H,12,13,14,15). The van der Waals surface area contributed by atoms with Crippen molar-refractivity contribution in [1.29, 1.82) is 0 Å². The lowest BCUT2D eigenvalue weighted by Gasteiger charge is -2.19. The van der Waals surface area contributed by atoms with Gasteiger partial charge in [-0.05, 0) is 20.3 Å². The molecule has 1 aromatic heterocycles. The zero-order chi connectivity index (χ0) is 12.7. The highest BCUT2D eigenvalue weighted by molar-refractivity contribution is 5.37. The number of hydrogen-bond acceptors (Lipinski definition) is 7. The highest BCUT2D eigenvalue weighted by Gasteiger charge is 2.11. The summed E-state index contributed by atoms with van der Waals surface area (Å²) in [6.07, 6.45) is 0.900. The van der Waals surface area contributed by atoms with E-state index >= 15 is 0 Å². The van der Waals surface area contributed by atoms with Gasteiger partial charge in [0, 0.05) is 13.1 Å². The van der Waals surface area contributed by atoms with Gasteiger partial charge in [0.05, 0.1) is 6.61 Å². The van der Waals surface area contributed by atoms with Crippen LogP contribution >= 0.6 is 0 Å². The van der Waals surface area contributed by atoms with Gasteiger partial charge in [-0.15, -0.1) is 0 Å². The fourth-order valence-electron chi connectivity index (χ4n) is 1.32. The van der Waals surface area contributed by atoms with E-state index in [9.17, 15) is 0 Å². The lowest BCUT2D eigenvalue weighted by molar-refractivity contribution is 0.292. The van der Waals surface area contributed by atoms with Crippen molar-refractivity contribution in [2.45, 2.75) is 27.2 Å². The van der Waals surface area contributed by atoms with Crippen molar-refractivity contribution in [3.8, 4) is 6.01 Å². The van der Waals surface area contributed by atoms with Crippen molar-refractivity contribution in [3.63, 3.8) is 0 Å². The summed E-state index contributed by atoms with van der Waals surface area (Å²) >= 11 is 0. The first-order valence-electron chi connectivity index (χ1n) is 5.85. The van der Waals surface area contributed by atoms with Gasteiger partial charge in [-0.3, -0.25) is 5.43 Å². The van der Waals surface area contributed by atoms with Crippen molar-refractivity contribution in [2.24, 2.45) is 5.84 Å². The minimum absolute atomic E-state index is 0.302. The molecule has 0 saturated carbocycles. The van der Waals surface area contributed by atoms with Gasteiger partial charge in [0.1, 0.15) is 0 Å². The van der Waals surface area contributed by atoms with Gasteiger partial charge >= 0.3 is 6.01 Å². The Bertz CT molecular complexity index is 342. The molecule has 0 spiro atoms. The van der Waals surface area contributed by atoms with Gasteiger partial charge in [0.15, 0.2) is 0 Å². The van der Waals surface area contributed by atoms with Crippen LogP contribution in [0.4, 0.5) is 11.9 Å². The predicted octanol–water partition coefficient (Wildman–Crippen LogP) is 0.792. The van der Waals surface area contributed by atoms with Crippen molar-refractivity contribution in [3.05, 3.63) is 0 Å². The molecule has 0 saturated heterocycles. The largest absolute Gasteiger partial charge is 0.463 e. The van der Waals surface area contributed by atoms with Crippen LogP contribution in [-0.4, -0.2) is 34.6 Å². The van der Waals surface area contributed by atoms with Gasteiger partial charge in [0.2, 0.25) is 11.9 Å². The highest BCUT2D eigenvalue weighted by atomic mass is 16.5. The smallest absolute Gasteiger partial charge is 0.323 e. The summed E-state index contributed by atoms with van der Waals surface area (Å²) in [7, 11) is 0. The second-order valence-electron chi connectivity index (χ2n) is 3.41. The van der Waals surface area contributed by atoms with E-state index in [0.29, 0.717) is 24.5 Å². The maximum Gasteiger partial charge on any atom is 0.323 e. The van der Waals surface area contributed by atoms with Crippen LogP contribution in [0, 0.1) is 0 Å². The first-order chi connectivity index (χ1) is 8.24. The highest BCUT2D eigenvalue weighted by Crippen LogP contribution is 2.14. The zero-order valence-electron chi connectivity index (χ0n) is 10.6. The summed E-state index contributed by atoms with van der Waals surface area (Å²) in [5.41, 5.74) is 2.42. The molecule has 0 unspecified atom stereocenters. The van der Waals surface area contributed by atoms with Crippen molar-refractivity contribution in [2.75, 3.05) is 30.0 Å². The summed E-state index contributed by atoms with van der Waals surface area (Å²) in [4.78, 5) is 14.5. The third-order valence-electron chi connectivity index (χ3n) is 2.21. The molecule has 1 rings (SSSR count). The Kier molecular flexibility index (Phi) is 5.41. The van der Waals surface area contributed by atoms with Crippen LogP contribution in [0.15, 0.2) is 0 Å². The third kappa shape index (κ3) is 3.70. The van der Waals surface area contributed by atoms with Crippen LogP contribution in [0.25, 0.3) is 0 Å². The number of nitrogens with one attached hydrogen (secondary N) is 1. The van der Waals surface area contributed by atoms with Crippen LogP contribution in [0.3, 0.4) is 0 Å². The molecule has 0 fully saturated rings. The maximum atomic E-state index is 5.39. The molecule has 96 valence electrons. The van der Waals surface area contributed by atoms with Gasteiger partial charge < -0.3 is 9.64 Å². The van der Waals surface area contributed by atoms with E-state index in [1.54, 1.807) is 0 Å². The van der Waals surface area contributed by atoms with Crippen LogP contribution in [0.5, 0.6) is 6.01 Å². The number of nitrogens with zero attached hydrogens (tertiary/aromatic N) is 4. The van der Waals surface area contributed by atoms with E-state index in [2.05, 4.69) is 20.4 Å². The Morgan fingerprint density at radius 1 is 1.18 bits per heavy atom. The van der Waals surface area contributed by atoms with Crippen LogP contribution in [0.1, 0.15) is 27.2 Å². The fraction of sp³-hybridized carbons (Fsp3) is 0.700. The topological polar surface area (TPSA) is 89.2 Å².